The number of hydrogen-bond acceptors (Lipinski definition) is 5. The van der Waals surface area contributed by atoms with Crippen LogP contribution in [0, 0.1) is 6.92 Å². The number of ether oxygens (including phenoxy) is 2. The van der Waals surface area contributed by atoms with Crippen LogP contribution in [0.15, 0.2) is 96.0 Å². The molecule has 0 spiro atoms. The van der Waals surface area contributed by atoms with Crippen LogP contribution >= 0.6 is 0 Å². The smallest absolute Gasteiger partial charge is 0.264 e. The highest BCUT2D eigenvalue weighted by Crippen LogP contribution is 2.20. The van der Waals surface area contributed by atoms with Gasteiger partial charge in [-0.1, -0.05) is 60.2 Å². The molecule has 0 saturated heterocycles. The van der Waals surface area contributed by atoms with E-state index >= 15 is 0 Å². The van der Waals surface area contributed by atoms with Crippen molar-refractivity contribution in [1.82, 2.24) is 4.31 Å². The molecule has 33 heavy (non-hydrogen) atoms. The summed E-state index contributed by atoms with van der Waals surface area (Å²) in [5.74, 6) is 0.759. The van der Waals surface area contributed by atoms with Crippen molar-refractivity contribution in [2.45, 2.75) is 31.1 Å². The fourth-order valence-electron chi connectivity index (χ4n) is 3.10. The van der Waals surface area contributed by atoms with Gasteiger partial charge in [0.25, 0.3) is 10.0 Å². The van der Waals surface area contributed by atoms with Crippen LogP contribution in [0.5, 0.6) is 5.75 Å². The van der Waals surface area contributed by atoms with Gasteiger partial charge in [0, 0.05) is 6.20 Å². The first-order chi connectivity index (χ1) is 15.9. The zero-order valence-electron chi connectivity index (χ0n) is 18.8. The molecular formula is C26H29NO5S. The van der Waals surface area contributed by atoms with E-state index in [1.54, 1.807) is 31.4 Å². The van der Waals surface area contributed by atoms with Crippen molar-refractivity contribution >= 4 is 10.0 Å². The van der Waals surface area contributed by atoms with Crippen molar-refractivity contribution in [3.05, 3.63) is 108 Å². The Morgan fingerprint density at radius 2 is 1.61 bits per heavy atom. The maximum Gasteiger partial charge on any atom is 0.264 e. The van der Waals surface area contributed by atoms with Crippen molar-refractivity contribution in [3.8, 4) is 5.75 Å². The molecule has 0 heterocycles. The molecule has 1 N–H and O–H groups in total. The van der Waals surface area contributed by atoms with Gasteiger partial charge in [0.15, 0.2) is 0 Å². The van der Waals surface area contributed by atoms with Gasteiger partial charge in [-0.25, -0.2) is 8.42 Å². The molecular weight excluding hydrogens is 438 g/mol. The minimum absolute atomic E-state index is 0.0340. The largest absolute Gasteiger partial charge is 0.497 e. The minimum atomic E-state index is -3.80. The van der Waals surface area contributed by atoms with E-state index in [0.717, 1.165) is 22.4 Å². The van der Waals surface area contributed by atoms with E-state index in [4.69, 9.17) is 9.47 Å². The van der Waals surface area contributed by atoms with Crippen LogP contribution in [-0.4, -0.2) is 37.7 Å². The molecule has 3 rings (SSSR count). The Balaban J connectivity index is 1.68. The van der Waals surface area contributed by atoms with E-state index in [2.05, 4.69) is 0 Å². The number of sulfonamides is 1. The molecule has 0 aliphatic carbocycles. The molecule has 0 aromatic heterocycles. The zero-order valence-corrected chi connectivity index (χ0v) is 19.6. The van der Waals surface area contributed by atoms with Crippen LogP contribution in [0.2, 0.25) is 0 Å². The number of benzene rings is 3. The molecule has 0 aliphatic heterocycles. The highest BCUT2D eigenvalue weighted by Gasteiger charge is 2.22. The molecule has 0 unspecified atom stereocenters. The molecule has 7 heteroatoms. The van der Waals surface area contributed by atoms with E-state index in [1.807, 2.05) is 61.5 Å². The van der Waals surface area contributed by atoms with Gasteiger partial charge in [0.1, 0.15) is 5.75 Å². The van der Waals surface area contributed by atoms with Gasteiger partial charge in [-0.05, 0) is 48.4 Å². The number of aliphatic hydroxyl groups excluding tert-OH is 1. The van der Waals surface area contributed by atoms with E-state index in [1.165, 1.54) is 16.6 Å². The Bertz CT molecular complexity index is 1130. The quantitative estimate of drug-likeness (QED) is 0.455. The minimum Gasteiger partial charge on any atom is -0.497 e. The van der Waals surface area contributed by atoms with Gasteiger partial charge >= 0.3 is 0 Å². The van der Waals surface area contributed by atoms with Crippen LogP contribution in [0.25, 0.3) is 0 Å². The summed E-state index contributed by atoms with van der Waals surface area (Å²) in [6.45, 7) is 2.41. The third kappa shape index (κ3) is 7.18. The van der Waals surface area contributed by atoms with Gasteiger partial charge in [-0.3, -0.25) is 4.31 Å². The van der Waals surface area contributed by atoms with E-state index in [0.29, 0.717) is 6.61 Å². The van der Waals surface area contributed by atoms with Crippen molar-refractivity contribution in [2.75, 3.05) is 13.7 Å². The number of hydrogen-bond donors (Lipinski definition) is 1. The number of rotatable bonds is 11. The standard InChI is InChI=1S/C26H29NO5S/c1-21-8-14-26(15-9-21)33(29,30)27(18-22-6-4-3-5-7-22)17-16-24(28)20-32-19-23-10-12-25(31-2)13-11-23/h3-17,24,28H,18-20H2,1-2H3/b17-16+/t24-/m1/s1. The first-order valence-electron chi connectivity index (χ1n) is 10.6. The van der Waals surface area contributed by atoms with E-state index < -0.39 is 16.1 Å². The molecule has 0 fully saturated rings. The average Bonchev–Trinajstić information content (AvgIpc) is 2.83. The summed E-state index contributed by atoms with van der Waals surface area (Å²) in [7, 11) is -2.19. The van der Waals surface area contributed by atoms with Gasteiger partial charge < -0.3 is 14.6 Å². The molecule has 6 nitrogen and oxygen atoms in total. The average molecular weight is 468 g/mol. The van der Waals surface area contributed by atoms with Crippen LogP contribution < -0.4 is 4.74 Å². The lowest BCUT2D eigenvalue weighted by molar-refractivity contribution is 0.0500. The summed E-state index contributed by atoms with van der Waals surface area (Å²) in [5.41, 5.74) is 2.76. The summed E-state index contributed by atoms with van der Waals surface area (Å²) in [6, 6.07) is 23.5. The van der Waals surface area contributed by atoms with Gasteiger partial charge in [0.2, 0.25) is 0 Å². The monoisotopic (exact) mass is 467 g/mol. The molecule has 0 radical (unpaired) electrons. The maximum absolute atomic E-state index is 13.3. The Kier molecular flexibility index (Phi) is 8.65. The first kappa shape index (κ1) is 24.5. The predicted octanol–water partition coefficient (Wildman–Crippen LogP) is 4.29. The van der Waals surface area contributed by atoms with E-state index in [9.17, 15) is 13.5 Å². The van der Waals surface area contributed by atoms with Crippen LogP contribution in [-0.2, 0) is 27.9 Å². The third-order valence-electron chi connectivity index (χ3n) is 5.00. The fraction of sp³-hybridized carbons (Fsp3) is 0.231. The Morgan fingerprint density at radius 3 is 2.24 bits per heavy atom. The normalized spacial score (nSPS) is 12.6. The summed E-state index contributed by atoms with van der Waals surface area (Å²) in [4.78, 5) is 0.193. The Labute approximate surface area is 195 Å². The molecule has 3 aromatic rings. The first-order valence-corrected chi connectivity index (χ1v) is 12.0. The Morgan fingerprint density at radius 1 is 0.939 bits per heavy atom. The van der Waals surface area contributed by atoms with E-state index in [-0.39, 0.29) is 18.0 Å². The number of methoxy groups -OCH3 is 1. The summed E-state index contributed by atoms with van der Waals surface area (Å²) in [5, 5.41) is 10.3. The van der Waals surface area contributed by atoms with Crippen LogP contribution in [0.3, 0.4) is 0 Å². The SMILES string of the molecule is COc1ccc(COC[C@H](O)/C=C/N(Cc2ccccc2)S(=O)(=O)c2ccc(C)cc2)cc1. The van der Waals surface area contributed by atoms with Crippen LogP contribution in [0.4, 0.5) is 0 Å². The lowest BCUT2D eigenvalue weighted by atomic mass is 10.2. The van der Waals surface area contributed by atoms with Gasteiger partial charge in [0.05, 0.1) is 37.9 Å². The fourth-order valence-corrected chi connectivity index (χ4v) is 4.40. The van der Waals surface area contributed by atoms with Crippen molar-refractivity contribution in [2.24, 2.45) is 0 Å². The molecule has 0 bridgehead atoms. The maximum atomic E-state index is 13.3. The molecule has 3 aromatic carbocycles. The van der Waals surface area contributed by atoms with Gasteiger partial charge in [-0.2, -0.15) is 0 Å². The van der Waals surface area contributed by atoms with Crippen molar-refractivity contribution < 1.29 is 23.0 Å². The third-order valence-corrected chi connectivity index (χ3v) is 6.74. The number of aryl methyl sites for hydroxylation is 1. The van der Waals surface area contributed by atoms with Gasteiger partial charge in [-0.15, -0.1) is 0 Å². The molecule has 1 atom stereocenters. The molecule has 174 valence electrons. The molecule has 0 aliphatic rings. The lowest BCUT2D eigenvalue weighted by Gasteiger charge is -2.21. The second kappa shape index (κ2) is 11.7. The zero-order chi connectivity index (χ0) is 23.7. The summed E-state index contributed by atoms with van der Waals surface area (Å²) >= 11 is 0. The number of nitrogens with zero attached hydrogens (tertiary/aromatic N) is 1. The van der Waals surface area contributed by atoms with Crippen LogP contribution in [0.1, 0.15) is 16.7 Å². The summed E-state index contributed by atoms with van der Waals surface area (Å²) < 4.78 is 38.5. The molecule has 0 saturated carbocycles. The second-order valence-corrected chi connectivity index (χ2v) is 9.51. The predicted molar refractivity (Wildman–Crippen MR) is 128 cm³/mol. The lowest BCUT2D eigenvalue weighted by Crippen LogP contribution is -2.26. The topological polar surface area (TPSA) is 76.1 Å². The van der Waals surface area contributed by atoms with Crippen molar-refractivity contribution in [1.29, 1.82) is 0 Å². The second-order valence-electron chi connectivity index (χ2n) is 7.62. The Hall–Kier alpha value is -3.13. The highest BCUT2D eigenvalue weighted by molar-refractivity contribution is 7.89. The van der Waals surface area contributed by atoms with Crippen molar-refractivity contribution in [3.63, 3.8) is 0 Å². The highest BCUT2D eigenvalue weighted by atomic mass is 32.2. The summed E-state index contributed by atoms with van der Waals surface area (Å²) in [6.07, 6.45) is 1.88. The number of aliphatic hydroxyl groups is 1. The molecule has 0 amide bonds.